The summed E-state index contributed by atoms with van der Waals surface area (Å²) in [5, 5.41) is 4.13. The predicted octanol–water partition coefficient (Wildman–Crippen LogP) is 3.56. The summed E-state index contributed by atoms with van der Waals surface area (Å²) in [6.45, 7) is 2.05. The fourth-order valence-corrected chi connectivity index (χ4v) is 4.15. The Bertz CT molecular complexity index is 733. The Labute approximate surface area is 159 Å². The molecule has 2 aromatic rings. The number of methoxy groups -OCH3 is 2. The maximum absolute atomic E-state index is 12.7. The van der Waals surface area contributed by atoms with Gasteiger partial charge in [0.2, 0.25) is 5.91 Å². The van der Waals surface area contributed by atoms with E-state index < -0.39 is 0 Å². The van der Waals surface area contributed by atoms with Crippen molar-refractivity contribution in [1.29, 1.82) is 0 Å². The van der Waals surface area contributed by atoms with Crippen molar-refractivity contribution in [3.8, 4) is 11.5 Å². The second-order valence-corrected chi connectivity index (χ2v) is 7.40. The number of amides is 1. The van der Waals surface area contributed by atoms with E-state index >= 15 is 0 Å². The van der Waals surface area contributed by atoms with Gasteiger partial charge < -0.3 is 14.4 Å². The Balaban J connectivity index is 1.67. The zero-order valence-corrected chi connectivity index (χ0v) is 16.4. The third-order valence-electron chi connectivity index (χ3n) is 4.92. The van der Waals surface area contributed by atoms with Crippen molar-refractivity contribution >= 4 is 17.2 Å². The van der Waals surface area contributed by atoms with E-state index in [1.54, 1.807) is 25.6 Å². The molecule has 1 aromatic heterocycles. The lowest BCUT2D eigenvalue weighted by Crippen LogP contribution is -2.37. The molecule has 0 spiro atoms. The standard InChI is InChI=1S/C20H26N2O3S/c1-21(12-15-8-10-26-14-15)20(23)13-22-9-4-5-17(22)16-6-7-18(24-2)19(11-16)25-3/h6-8,10-11,14,17H,4-5,9,12-13H2,1-3H3/t17-/m1/s1. The van der Waals surface area contributed by atoms with Crippen LogP contribution < -0.4 is 9.47 Å². The van der Waals surface area contributed by atoms with Gasteiger partial charge in [0.1, 0.15) is 0 Å². The van der Waals surface area contributed by atoms with E-state index in [9.17, 15) is 4.79 Å². The predicted molar refractivity (Wildman–Crippen MR) is 104 cm³/mol. The number of ether oxygens (including phenoxy) is 2. The number of benzene rings is 1. The number of nitrogens with zero attached hydrogens (tertiary/aromatic N) is 2. The zero-order valence-electron chi connectivity index (χ0n) is 15.6. The van der Waals surface area contributed by atoms with Gasteiger partial charge in [0, 0.05) is 19.6 Å². The van der Waals surface area contributed by atoms with Crippen LogP contribution in [0.2, 0.25) is 0 Å². The van der Waals surface area contributed by atoms with Crippen LogP contribution in [0.25, 0.3) is 0 Å². The van der Waals surface area contributed by atoms with E-state index in [4.69, 9.17) is 9.47 Å². The third-order valence-corrected chi connectivity index (χ3v) is 5.65. The molecule has 0 unspecified atom stereocenters. The van der Waals surface area contributed by atoms with Crippen LogP contribution in [0.3, 0.4) is 0 Å². The Morgan fingerprint density at radius 2 is 2.08 bits per heavy atom. The number of hydrogen-bond acceptors (Lipinski definition) is 5. The van der Waals surface area contributed by atoms with Gasteiger partial charge in [0.05, 0.1) is 20.8 Å². The SMILES string of the molecule is COc1ccc([C@H]2CCCN2CC(=O)N(C)Cc2ccsc2)cc1OC. The highest BCUT2D eigenvalue weighted by Crippen LogP contribution is 2.36. The van der Waals surface area contributed by atoms with Crippen LogP contribution in [-0.2, 0) is 11.3 Å². The first kappa shape index (κ1) is 18.7. The van der Waals surface area contributed by atoms with Gasteiger partial charge in [-0.15, -0.1) is 0 Å². The minimum Gasteiger partial charge on any atom is -0.493 e. The topological polar surface area (TPSA) is 42.0 Å². The molecule has 140 valence electrons. The van der Waals surface area contributed by atoms with Crippen molar-refractivity contribution in [1.82, 2.24) is 9.80 Å². The molecule has 6 heteroatoms. The van der Waals surface area contributed by atoms with Gasteiger partial charge >= 0.3 is 0 Å². The van der Waals surface area contributed by atoms with Crippen LogP contribution in [0.1, 0.15) is 30.0 Å². The quantitative estimate of drug-likeness (QED) is 0.743. The van der Waals surface area contributed by atoms with Gasteiger partial charge in [-0.25, -0.2) is 0 Å². The molecule has 0 radical (unpaired) electrons. The van der Waals surface area contributed by atoms with Crippen LogP contribution in [0.4, 0.5) is 0 Å². The summed E-state index contributed by atoms with van der Waals surface area (Å²) in [7, 11) is 5.17. The van der Waals surface area contributed by atoms with E-state index in [1.807, 2.05) is 29.5 Å². The molecule has 3 rings (SSSR count). The first-order valence-electron chi connectivity index (χ1n) is 8.83. The van der Waals surface area contributed by atoms with Crippen molar-refractivity contribution in [2.75, 3.05) is 34.4 Å². The first-order chi connectivity index (χ1) is 12.6. The van der Waals surface area contributed by atoms with Crippen molar-refractivity contribution < 1.29 is 14.3 Å². The van der Waals surface area contributed by atoms with Gasteiger partial charge in [0.25, 0.3) is 0 Å². The largest absolute Gasteiger partial charge is 0.493 e. The second kappa shape index (κ2) is 8.56. The van der Waals surface area contributed by atoms with Crippen molar-refractivity contribution in [3.63, 3.8) is 0 Å². The maximum Gasteiger partial charge on any atom is 0.236 e. The number of hydrogen-bond donors (Lipinski definition) is 0. The summed E-state index contributed by atoms with van der Waals surface area (Å²) in [5.74, 6) is 1.62. The molecule has 1 fully saturated rings. The minimum absolute atomic E-state index is 0.156. The molecule has 2 heterocycles. The van der Waals surface area contributed by atoms with Crippen LogP contribution in [-0.4, -0.2) is 50.1 Å². The minimum atomic E-state index is 0.156. The molecule has 0 bridgehead atoms. The molecule has 0 N–H and O–H groups in total. The highest BCUT2D eigenvalue weighted by Gasteiger charge is 2.29. The molecular formula is C20H26N2O3S. The highest BCUT2D eigenvalue weighted by molar-refractivity contribution is 7.07. The lowest BCUT2D eigenvalue weighted by molar-refractivity contribution is -0.131. The monoisotopic (exact) mass is 374 g/mol. The molecule has 1 amide bonds. The average molecular weight is 375 g/mol. The van der Waals surface area contributed by atoms with E-state index in [0.29, 0.717) is 13.1 Å². The van der Waals surface area contributed by atoms with Gasteiger partial charge in [0.15, 0.2) is 11.5 Å². The summed E-state index contributed by atoms with van der Waals surface area (Å²) in [6, 6.07) is 8.35. The number of rotatable bonds is 7. The van der Waals surface area contributed by atoms with E-state index in [-0.39, 0.29) is 11.9 Å². The number of carbonyl (C=O) groups is 1. The lowest BCUT2D eigenvalue weighted by Gasteiger charge is -2.27. The molecule has 1 aromatic carbocycles. The number of likely N-dealkylation sites (N-methyl/N-ethyl adjacent to an activating group) is 1. The molecular weight excluding hydrogens is 348 g/mol. The first-order valence-corrected chi connectivity index (χ1v) is 9.77. The Hall–Kier alpha value is -2.05. The number of likely N-dealkylation sites (tertiary alicyclic amines) is 1. The fourth-order valence-electron chi connectivity index (χ4n) is 3.49. The van der Waals surface area contributed by atoms with Crippen LogP contribution >= 0.6 is 11.3 Å². The summed E-state index contributed by atoms with van der Waals surface area (Å²) in [5.41, 5.74) is 2.36. The Morgan fingerprint density at radius 1 is 1.27 bits per heavy atom. The van der Waals surface area contributed by atoms with Gasteiger partial charge in [-0.2, -0.15) is 11.3 Å². The molecule has 1 aliphatic rings. The second-order valence-electron chi connectivity index (χ2n) is 6.62. The van der Waals surface area contributed by atoms with Crippen LogP contribution in [0.15, 0.2) is 35.0 Å². The highest BCUT2D eigenvalue weighted by atomic mass is 32.1. The summed E-state index contributed by atoms with van der Waals surface area (Å²) in [6.07, 6.45) is 2.15. The number of thiophene rings is 1. The Morgan fingerprint density at radius 3 is 2.77 bits per heavy atom. The fraction of sp³-hybridized carbons (Fsp3) is 0.450. The summed E-state index contributed by atoms with van der Waals surface area (Å²) in [4.78, 5) is 16.8. The molecule has 1 saturated heterocycles. The summed E-state index contributed by atoms with van der Waals surface area (Å²) < 4.78 is 10.8. The van der Waals surface area contributed by atoms with Crippen molar-refractivity contribution in [2.45, 2.75) is 25.4 Å². The van der Waals surface area contributed by atoms with E-state index in [1.165, 1.54) is 11.1 Å². The third kappa shape index (κ3) is 4.19. The van der Waals surface area contributed by atoms with Crippen molar-refractivity contribution in [2.24, 2.45) is 0 Å². The molecule has 0 saturated carbocycles. The average Bonchev–Trinajstić information content (AvgIpc) is 3.33. The van der Waals surface area contributed by atoms with Crippen LogP contribution in [0.5, 0.6) is 11.5 Å². The zero-order chi connectivity index (χ0) is 18.5. The van der Waals surface area contributed by atoms with E-state index in [0.717, 1.165) is 30.9 Å². The maximum atomic E-state index is 12.7. The van der Waals surface area contributed by atoms with Crippen molar-refractivity contribution in [3.05, 3.63) is 46.2 Å². The van der Waals surface area contributed by atoms with Gasteiger partial charge in [-0.3, -0.25) is 9.69 Å². The van der Waals surface area contributed by atoms with Gasteiger partial charge in [-0.05, 0) is 59.5 Å². The molecule has 0 aliphatic carbocycles. The summed E-state index contributed by atoms with van der Waals surface area (Å²) >= 11 is 1.66. The molecule has 1 aliphatic heterocycles. The van der Waals surface area contributed by atoms with Gasteiger partial charge in [-0.1, -0.05) is 6.07 Å². The molecule has 26 heavy (non-hydrogen) atoms. The Kier molecular flexibility index (Phi) is 6.16. The van der Waals surface area contributed by atoms with Crippen LogP contribution in [0, 0.1) is 0 Å². The lowest BCUT2D eigenvalue weighted by atomic mass is 10.0. The number of carbonyl (C=O) groups excluding carboxylic acids is 1. The molecule has 1 atom stereocenters. The smallest absolute Gasteiger partial charge is 0.236 e. The van der Waals surface area contributed by atoms with E-state index in [2.05, 4.69) is 22.4 Å². The molecule has 5 nitrogen and oxygen atoms in total. The normalized spacial score (nSPS) is 17.3.